The maximum atomic E-state index is 11.4. The van der Waals surface area contributed by atoms with E-state index in [0.29, 0.717) is 11.6 Å². The lowest BCUT2D eigenvalue weighted by molar-refractivity contribution is 0.515. The molecule has 1 fully saturated rings. The predicted molar refractivity (Wildman–Crippen MR) is 72.1 cm³/mol. The normalized spacial score (nSPS) is 17.1. The lowest BCUT2D eigenvalue weighted by Crippen LogP contribution is -2.20. The van der Waals surface area contributed by atoms with E-state index in [1.807, 2.05) is 17.8 Å². The van der Waals surface area contributed by atoms with E-state index < -0.39 is 0 Å². The minimum atomic E-state index is -0.303. The van der Waals surface area contributed by atoms with Crippen LogP contribution in [0.4, 0.5) is 5.82 Å². The third-order valence-corrected chi connectivity index (χ3v) is 4.23. The van der Waals surface area contributed by atoms with Gasteiger partial charge in [0.2, 0.25) is 0 Å². The molecule has 0 aliphatic carbocycles. The van der Waals surface area contributed by atoms with Crippen LogP contribution in [0.25, 0.3) is 5.65 Å². The highest BCUT2D eigenvalue weighted by Crippen LogP contribution is 2.22. The number of anilines is 1. The van der Waals surface area contributed by atoms with Gasteiger partial charge in [0.1, 0.15) is 5.82 Å². The van der Waals surface area contributed by atoms with Crippen LogP contribution in [0, 0.1) is 5.92 Å². The van der Waals surface area contributed by atoms with Gasteiger partial charge in [-0.1, -0.05) is 0 Å². The predicted octanol–water partition coefficient (Wildman–Crippen LogP) is 0.973. The van der Waals surface area contributed by atoms with Crippen molar-refractivity contribution in [2.45, 2.75) is 12.8 Å². The lowest BCUT2D eigenvalue weighted by atomic mass is 10.0. The fourth-order valence-electron chi connectivity index (χ4n) is 2.10. The first-order valence-electron chi connectivity index (χ1n) is 6.09. The zero-order valence-corrected chi connectivity index (χ0v) is 10.7. The van der Waals surface area contributed by atoms with Crippen LogP contribution < -0.4 is 11.0 Å². The Morgan fingerprint density at radius 2 is 2.28 bits per heavy atom. The van der Waals surface area contributed by atoms with Crippen LogP contribution in [0.2, 0.25) is 0 Å². The molecule has 3 rings (SSSR count). The summed E-state index contributed by atoms with van der Waals surface area (Å²) in [7, 11) is 0. The second-order valence-electron chi connectivity index (χ2n) is 4.45. The van der Waals surface area contributed by atoms with E-state index in [4.69, 9.17) is 0 Å². The van der Waals surface area contributed by atoms with Crippen molar-refractivity contribution in [2.24, 2.45) is 5.92 Å². The molecule has 2 aromatic heterocycles. The van der Waals surface area contributed by atoms with Crippen LogP contribution in [-0.2, 0) is 0 Å². The Hall–Kier alpha value is -1.50. The van der Waals surface area contributed by atoms with Gasteiger partial charge < -0.3 is 5.32 Å². The molecule has 1 aliphatic heterocycles. The van der Waals surface area contributed by atoms with Crippen molar-refractivity contribution in [3.05, 3.63) is 22.6 Å². The molecule has 6 nitrogen and oxygen atoms in total. The quantitative estimate of drug-likeness (QED) is 0.865. The number of H-pyrrole nitrogens is 1. The van der Waals surface area contributed by atoms with Crippen LogP contribution in [0.15, 0.2) is 16.9 Å². The molecule has 2 N–H and O–H groups in total. The fourth-order valence-corrected chi connectivity index (χ4v) is 3.30. The topological polar surface area (TPSA) is 75.1 Å². The van der Waals surface area contributed by atoms with Gasteiger partial charge in [0.15, 0.2) is 5.65 Å². The highest BCUT2D eigenvalue weighted by Gasteiger charge is 2.13. The highest BCUT2D eigenvalue weighted by molar-refractivity contribution is 7.99. The van der Waals surface area contributed by atoms with E-state index in [1.165, 1.54) is 28.9 Å². The second-order valence-corrected chi connectivity index (χ2v) is 5.68. The second kappa shape index (κ2) is 5.01. The maximum absolute atomic E-state index is 11.4. The van der Waals surface area contributed by atoms with E-state index in [9.17, 15) is 4.79 Å². The molecule has 0 saturated carbocycles. The number of thioether (sulfide) groups is 1. The summed E-state index contributed by atoms with van der Waals surface area (Å²) in [4.78, 5) is 11.4. The number of rotatable bonds is 3. The van der Waals surface area contributed by atoms with Gasteiger partial charge in [-0.3, -0.25) is 0 Å². The van der Waals surface area contributed by atoms with Crippen molar-refractivity contribution in [1.82, 2.24) is 19.8 Å². The molecular weight excluding hydrogens is 250 g/mol. The molecule has 3 heterocycles. The molecule has 2 aromatic rings. The van der Waals surface area contributed by atoms with Gasteiger partial charge in [-0.2, -0.15) is 21.4 Å². The van der Waals surface area contributed by atoms with E-state index in [2.05, 4.69) is 20.6 Å². The minimum absolute atomic E-state index is 0.303. The summed E-state index contributed by atoms with van der Waals surface area (Å²) in [6.07, 6.45) is 2.51. The monoisotopic (exact) mass is 265 g/mol. The van der Waals surface area contributed by atoms with Crippen LogP contribution >= 0.6 is 11.8 Å². The van der Waals surface area contributed by atoms with E-state index >= 15 is 0 Å². The SMILES string of the molecule is O=c1[nH]nc2ccc(NCC3CCSCC3)nn12. The van der Waals surface area contributed by atoms with Crippen molar-refractivity contribution in [3.63, 3.8) is 0 Å². The standard InChI is InChI=1S/C11H15N5OS/c17-11-14-13-10-2-1-9(15-16(10)11)12-7-8-3-5-18-6-4-8/h1-2,8H,3-7H2,(H,12,15)(H,14,17). The Morgan fingerprint density at radius 1 is 1.44 bits per heavy atom. The van der Waals surface area contributed by atoms with Gasteiger partial charge in [0.05, 0.1) is 0 Å². The lowest BCUT2D eigenvalue weighted by Gasteiger charge is -2.21. The number of fused-ring (bicyclic) bond motifs is 1. The fraction of sp³-hybridized carbons (Fsp3) is 0.545. The molecule has 1 saturated heterocycles. The number of hydrogen-bond donors (Lipinski definition) is 2. The minimum Gasteiger partial charge on any atom is -0.368 e. The van der Waals surface area contributed by atoms with Gasteiger partial charge in [0.25, 0.3) is 0 Å². The van der Waals surface area contributed by atoms with Gasteiger partial charge >= 0.3 is 5.69 Å². The average molecular weight is 265 g/mol. The molecule has 0 unspecified atom stereocenters. The van der Waals surface area contributed by atoms with Gasteiger partial charge in [-0.25, -0.2) is 9.89 Å². The van der Waals surface area contributed by atoms with E-state index in [1.54, 1.807) is 6.07 Å². The van der Waals surface area contributed by atoms with Gasteiger partial charge in [0, 0.05) is 6.54 Å². The van der Waals surface area contributed by atoms with Crippen LogP contribution in [0.3, 0.4) is 0 Å². The summed E-state index contributed by atoms with van der Waals surface area (Å²) >= 11 is 2.02. The Bertz CT molecular complexity index is 586. The zero-order chi connectivity index (χ0) is 12.4. The summed E-state index contributed by atoms with van der Waals surface area (Å²) in [6, 6.07) is 3.64. The molecule has 7 heteroatoms. The Labute approximate surface area is 108 Å². The number of aromatic amines is 1. The van der Waals surface area contributed by atoms with Crippen molar-refractivity contribution in [3.8, 4) is 0 Å². The summed E-state index contributed by atoms with van der Waals surface area (Å²) in [6.45, 7) is 0.922. The summed E-state index contributed by atoms with van der Waals surface area (Å²) in [5.74, 6) is 3.94. The van der Waals surface area contributed by atoms with Crippen LogP contribution in [0.5, 0.6) is 0 Å². The Kier molecular flexibility index (Phi) is 3.22. The molecule has 96 valence electrons. The molecule has 18 heavy (non-hydrogen) atoms. The zero-order valence-electron chi connectivity index (χ0n) is 9.93. The van der Waals surface area contributed by atoms with E-state index in [-0.39, 0.29) is 5.69 Å². The highest BCUT2D eigenvalue weighted by atomic mass is 32.2. The number of nitrogens with one attached hydrogen (secondary N) is 2. The third kappa shape index (κ3) is 2.35. The molecular formula is C11H15N5OS. The summed E-state index contributed by atoms with van der Waals surface area (Å²) in [5.41, 5.74) is 0.238. The van der Waals surface area contributed by atoms with Crippen LogP contribution in [-0.4, -0.2) is 37.9 Å². The molecule has 0 spiro atoms. The Balaban J connectivity index is 1.70. The van der Waals surface area contributed by atoms with Crippen molar-refractivity contribution >= 4 is 23.2 Å². The largest absolute Gasteiger partial charge is 0.368 e. The molecule has 0 radical (unpaired) electrons. The average Bonchev–Trinajstić information content (AvgIpc) is 2.79. The first kappa shape index (κ1) is 11.6. The van der Waals surface area contributed by atoms with Crippen LogP contribution in [0.1, 0.15) is 12.8 Å². The Morgan fingerprint density at radius 3 is 3.11 bits per heavy atom. The number of aromatic nitrogens is 4. The maximum Gasteiger partial charge on any atom is 0.364 e. The first-order chi connectivity index (χ1) is 8.83. The summed E-state index contributed by atoms with van der Waals surface area (Å²) in [5, 5.41) is 13.7. The van der Waals surface area contributed by atoms with E-state index in [0.717, 1.165) is 12.4 Å². The summed E-state index contributed by atoms with van der Waals surface area (Å²) < 4.78 is 1.28. The van der Waals surface area contributed by atoms with Crippen molar-refractivity contribution < 1.29 is 0 Å². The van der Waals surface area contributed by atoms with Crippen molar-refractivity contribution in [1.29, 1.82) is 0 Å². The smallest absolute Gasteiger partial charge is 0.364 e. The third-order valence-electron chi connectivity index (χ3n) is 3.19. The molecule has 0 atom stereocenters. The number of nitrogens with zero attached hydrogens (tertiary/aromatic N) is 3. The van der Waals surface area contributed by atoms with Gasteiger partial charge in [-0.05, 0) is 42.4 Å². The van der Waals surface area contributed by atoms with Crippen molar-refractivity contribution in [2.75, 3.05) is 23.4 Å². The number of hydrogen-bond acceptors (Lipinski definition) is 5. The van der Waals surface area contributed by atoms with Gasteiger partial charge in [-0.15, -0.1) is 5.10 Å². The molecule has 1 aliphatic rings. The molecule has 0 amide bonds. The molecule has 0 bridgehead atoms. The molecule has 0 aromatic carbocycles. The first-order valence-corrected chi connectivity index (χ1v) is 7.24.